The van der Waals surface area contributed by atoms with Gasteiger partial charge in [0.2, 0.25) is 5.95 Å². The number of rotatable bonds is 6. The Morgan fingerprint density at radius 3 is 2.30 bits per heavy atom. The summed E-state index contributed by atoms with van der Waals surface area (Å²) >= 11 is 0. The van der Waals surface area contributed by atoms with E-state index in [9.17, 15) is 10.1 Å². The number of benzene rings is 1. The molecule has 1 aliphatic rings. The van der Waals surface area contributed by atoms with Crippen LogP contribution >= 0.6 is 0 Å². The van der Waals surface area contributed by atoms with Crippen LogP contribution in [0.5, 0.6) is 0 Å². The zero-order valence-electron chi connectivity index (χ0n) is 12.8. The maximum atomic E-state index is 10.5. The highest BCUT2D eigenvalue weighted by Crippen LogP contribution is 2.14. The van der Waals surface area contributed by atoms with Crippen LogP contribution in [0.25, 0.3) is 0 Å². The van der Waals surface area contributed by atoms with Crippen molar-refractivity contribution in [2.24, 2.45) is 0 Å². The van der Waals surface area contributed by atoms with Gasteiger partial charge < -0.3 is 5.32 Å². The van der Waals surface area contributed by atoms with Crippen LogP contribution in [-0.4, -0.2) is 32.9 Å². The highest BCUT2D eigenvalue weighted by Gasteiger charge is 2.11. The van der Waals surface area contributed by atoms with Crippen molar-refractivity contribution in [1.82, 2.24) is 14.9 Å². The number of hydrogen-bond donors (Lipinski definition) is 1. The van der Waals surface area contributed by atoms with Gasteiger partial charge in [-0.3, -0.25) is 15.0 Å². The molecule has 1 aromatic heterocycles. The van der Waals surface area contributed by atoms with Crippen LogP contribution in [0.15, 0.2) is 36.7 Å². The first-order valence-electron chi connectivity index (χ1n) is 7.71. The Morgan fingerprint density at radius 2 is 1.70 bits per heavy atom. The molecule has 0 saturated carbocycles. The van der Waals surface area contributed by atoms with Crippen molar-refractivity contribution < 1.29 is 4.92 Å². The van der Waals surface area contributed by atoms with Crippen molar-refractivity contribution in [3.05, 3.63) is 57.9 Å². The number of likely N-dealkylation sites (tertiary alicyclic amines) is 1. The molecule has 7 heteroatoms. The Balaban J connectivity index is 1.52. The molecule has 0 spiro atoms. The van der Waals surface area contributed by atoms with Crippen LogP contribution in [0.2, 0.25) is 0 Å². The number of anilines is 1. The van der Waals surface area contributed by atoms with E-state index in [1.165, 1.54) is 43.9 Å². The van der Waals surface area contributed by atoms with Crippen molar-refractivity contribution in [2.45, 2.75) is 25.9 Å². The molecule has 1 saturated heterocycles. The fraction of sp³-hybridized carbons (Fsp3) is 0.375. The predicted octanol–water partition coefficient (Wildman–Crippen LogP) is 2.59. The highest BCUT2D eigenvalue weighted by atomic mass is 16.6. The average Bonchev–Trinajstić information content (AvgIpc) is 3.07. The Kier molecular flexibility index (Phi) is 4.77. The minimum Gasteiger partial charge on any atom is -0.350 e. The van der Waals surface area contributed by atoms with Gasteiger partial charge in [-0.2, -0.15) is 0 Å². The molecule has 1 aromatic carbocycles. The van der Waals surface area contributed by atoms with Crippen LogP contribution in [-0.2, 0) is 13.1 Å². The fourth-order valence-electron chi connectivity index (χ4n) is 2.65. The minimum atomic E-state index is -0.511. The monoisotopic (exact) mass is 313 g/mol. The normalized spacial score (nSPS) is 14.8. The molecule has 1 aliphatic heterocycles. The molecule has 2 heterocycles. The third-order valence-corrected chi connectivity index (χ3v) is 3.93. The third-order valence-electron chi connectivity index (χ3n) is 3.93. The van der Waals surface area contributed by atoms with Gasteiger partial charge in [0, 0.05) is 13.1 Å². The summed E-state index contributed by atoms with van der Waals surface area (Å²) in [5, 5.41) is 13.6. The fourth-order valence-corrected chi connectivity index (χ4v) is 2.65. The summed E-state index contributed by atoms with van der Waals surface area (Å²) < 4.78 is 0. The lowest BCUT2D eigenvalue weighted by Crippen LogP contribution is -2.18. The molecule has 0 bridgehead atoms. The maximum Gasteiger partial charge on any atom is 0.305 e. The van der Waals surface area contributed by atoms with Gasteiger partial charge in [-0.1, -0.05) is 24.3 Å². The average molecular weight is 313 g/mol. The molecular formula is C16H19N5O2. The molecular weight excluding hydrogens is 294 g/mol. The van der Waals surface area contributed by atoms with E-state index >= 15 is 0 Å². The molecule has 1 N–H and O–H groups in total. The predicted molar refractivity (Wildman–Crippen MR) is 87.0 cm³/mol. The Bertz CT molecular complexity index is 651. The van der Waals surface area contributed by atoms with Crippen LogP contribution < -0.4 is 5.32 Å². The molecule has 2 aromatic rings. The van der Waals surface area contributed by atoms with Crippen LogP contribution in [0.3, 0.4) is 0 Å². The number of nitrogens with zero attached hydrogens (tertiary/aromatic N) is 4. The zero-order chi connectivity index (χ0) is 16.1. The summed E-state index contributed by atoms with van der Waals surface area (Å²) in [6.45, 7) is 3.99. The molecule has 1 fully saturated rings. The first-order valence-corrected chi connectivity index (χ1v) is 7.71. The van der Waals surface area contributed by atoms with Crippen LogP contribution in [0.1, 0.15) is 24.0 Å². The van der Waals surface area contributed by atoms with Gasteiger partial charge in [-0.05, 0) is 37.1 Å². The summed E-state index contributed by atoms with van der Waals surface area (Å²) in [6, 6.07) is 8.46. The van der Waals surface area contributed by atoms with Gasteiger partial charge in [-0.15, -0.1) is 0 Å². The molecule has 120 valence electrons. The Morgan fingerprint density at radius 1 is 1.09 bits per heavy atom. The summed E-state index contributed by atoms with van der Waals surface area (Å²) in [6.07, 6.45) is 5.01. The number of nitro groups is 1. The molecule has 0 aliphatic carbocycles. The lowest BCUT2D eigenvalue weighted by molar-refractivity contribution is -0.385. The smallest absolute Gasteiger partial charge is 0.305 e. The van der Waals surface area contributed by atoms with Crippen molar-refractivity contribution in [1.29, 1.82) is 0 Å². The summed E-state index contributed by atoms with van der Waals surface area (Å²) in [5.41, 5.74) is 2.33. The van der Waals surface area contributed by atoms with Crippen molar-refractivity contribution >= 4 is 11.6 Å². The van der Waals surface area contributed by atoms with Crippen LogP contribution in [0.4, 0.5) is 11.6 Å². The second-order valence-electron chi connectivity index (χ2n) is 5.68. The van der Waals surface area contributed by atoms with Gasteiger partial charge in [-0.25, -0.2) is 9.97 Å². The van der Waals surface area contributed by atoms with Crippen molar-refractivity contribution in [3.63, 3.8) is 0 Å². The van der Waals surface area contributed by atoms with Crippen molar-refractivity contribution in [2.75, 3.05) is 18.4 Å². The third kappa shape index (κ3) is 4.23. The van der Waals surface area contributed by atoms with Gasteiger partial charge in [0.15, 0.2) is 0 Å². The molecule has 23 heavy (non-hydrogen) atoms. The molecule has 3 rings (SSSR count). The number of hydrogen-bond acceptors (Lipinski definition) is 6. The van der Waals surface area contributed by atoms with E-state index in [4.69, 9.17) is 0 Å². The summed E-state index contributed by atoms with van der Waals surface area (Å²) in [7, 11) is 0. The lowest BCUT2D eigenvalue weighted by Gasteiger charge is -2.14. The van der Waals surface area contributed by atoms with Gasteiger partial charge >= 0.3 is 5.69 Å². The second-order valence-corrected chi connectivity index (χ2v) is 5.68. The lowest BCUT2D eigenvalue weighted by atomic mass is 10.1. The Hall–Kier alpha value is -2.54. The Labute approximate surface area is 134 Å². The molecule has 7 nitrogen and oxygen atoms in total. The van der Waals surface area contributed by atoms with E-state index in [1.54, 1.807) is 0 Å². The molecule has 0 atom stereocenters. The van der Waals surface area contributed by atoms with Crippen molar-refractivity contribution in [3.8, 4) is 0 Å². The SMILES string of the molecule is O=[N+]([O-])c1cnc(NCc2ccc(CN3CCCC3)cc2)nc1. The maximum absolute atomic E-state index is 10.5. The first-order chi connectivity index (χ1) is 11.2. The van der Waals surface area contributed by atoms with Crippen LogP contribution in [0, 0.1) is 10.1 Å². The quantitative estimate of drug-likeness (QED) is 0.652. The van der Waals surface area contributed by atoms with E-state index in [0.717, 1.165) is 12.1 Å². The summed E-state index contributed by atoms with van der Waals surface area (Å²) in [5.74, 6) is 0.386. The summed E-state index contributed by atoms with van der Waals surface area (Å²) in [4.78, 5) is 20.4. The molecule has 0 amide bonds. The topological polar surface area (TPSA) is 84.2 Å². The largest absolute Gasteiger partial charge is 0.350 e. The number of aromatic nitrogens is 2. The first kappa shape index (κ1) is 15.4. The van der Waals surface area contributed by atoms with Gasteiger partial charge in [0.05, 0.1) is 4.92 Å². The zero-order valence-corrected chi connectivity index (χ0v) is 12.8. The second kappa shape index (κ2) is 7.15. The highest BCUT2D eigenvalue weighted by molar-refractivity contribution is 5.32. The minimum absolute atomic E-state index is 0.109. The van der Waals surface area contributed by atoms with Gasteiger partial charge in [0.1, 0.15) is 12.4 Å². The van der Waals surface area contributed by atoms with E-state index in [-0.39, 0.29) is 5.69 Å². The standard InChI is InChI=1S/C16H19N5O2/c22-21(23)15-10-18-16(19-11-15)17-9-13-3-5-14(6-4-13)12-20-7-1-2-8-20/h3-6,10-11H,1-2,7-9,12H2,(H,17,18,19). The molecule has 0 unspecified atom stereocenters. The number of nitrogens with one attached hydrogen (secondary N) is 1. The van der Waals surface area contributed by atoms with E-state index in [1.807, 2.05) is 0 Å². The molecule has 0 radical (unpaired) electrons. The van der Waals surface area contributed by atoms with E-state index < -0.39 is 4.92 Å². The van der Waals surface area contributed by atoms with Gasteiger partial charge in [0.25, 0.3) is 0 Å². The van der Waals surface area contributed by atoms with E-state index in [2.05, 4.69) is 44.5 Å². The van der Waals surface area contributed by atoms with E-state index in [0.29, 0.717) is 12.5 Å².